The lowest BCUT2D eigenvalue weighted by molar-refractivity contribution is -0.159. The number of ether oxygens (including phenoxy) is 1. The van der Waals surface area contributed by atoms with Crippen molar-refractivity contribution in [2.75, 3.05) is 11.9 Å². The Bertz CT molecular complexity index is 770. The number of aryl methyl sites for hydroxylation is 1. The van der Waals surface area contributed by atoms with Crippen LogP contribution in [0.4, 0.5) is 23.7 Å². The first-order valence-corrected chi connectivity index (χ1v) is 8.53. The Morgan fingerprint density at radius 2 is 2.11 bits per heavy atom. The zero-order chi connectivity index (χ0) is 19.4. The first-order valence-electron chi connectivity index (χ1n) is 8.53. The summed E-state index contributed by atoms with van der Waals surface area (Å²) >= 11 is 0. The van der Waals surface area contributed by atoms with Gasteiger partial charge in [0, 0.05) is 31.3 Å². The molecule has 0 bridgehead atoms. The van der Waals surface area contributed by atoms with Crippen LogP contribution in [0.15, 0.2) is 30.6 Å². The summed E-state index contributed by atoms with van der Waals surface area (Å²) in [7, 11) is 1.74. The average molecular weight is 383 g/mol. The highest BCUT2D eigenvalue weighted by Gasteiger charge is 2.42. The van der Waals surface area contributed by atoms with E-state index >= 15 is 0 Å². The largest absolute Gasteiger partial charge is 0.408 e. The predicted octanol–water partition coefficient (Wildman–Crippen LogP) is 3.10. The number of carbonyl (C=O) groups is 1. The Hall–Kier alpha value is -2.62. The number of amides is 2. The van der Waals surface area contributed by atoms with E-state index in [1.807, 2.05) is 5.32 Å². The maximum Gasteiger partial charge on any atom is 0.408 e. The van der Waals surface area contributed by atoms with Gasteiger partial charge in [0.25, 0.3) is 0 Å². The highest BCUT2D eigenvalue weighted by atomic mass is 19.4. The zero-order valence-corrected chi connectivity index (χ0v) is 14.7. The van der Waals surface area contributed by atoms with Crippen molar-refractivity contribution in [3.05, 3.63) is 30.6 Å². The predicted molar refractivity (Wildman–Crippen MR) is 92.0 cm³/mol. The zero-order valence-electron chi connectivity index (χ0n) is 14.7. The molecule has 146 valence electrons. The van der Waals surface area contributed by atoms with Crippen LogP contribution in [0, 0.1) is 0 Å². The molecule has 1 fully saturated rings. The van der Waals surface area contributed by atoms with E-state index in [0.29, 0.717) is 24.5 Å². The van der Waals surface area contributed by atoms with Gasteiger partial charge in [-0.3, -0.25) is 4.68 Å². The number of urea groups is 1. The standard InChI is InChI=1S/C17H20F3N5O2/c1-25-10-21-15(24-25)11-4-6-12(7-5-11)22-16(26)23-14(17(18,19)20)9-13-3-2-8-27-13/h4-7,10,13-14H,2-3,8-9H2,1H3,(H2,22,23,26). The van der Waals surface area contributed by atoms with Crippen molar-refractivity contribution in [2.45, 2.75) is 37.6 Å². The molecular formula is C17H20F3N5O2. The molecule has 10 heteroatoms. The second-order valence-corrected chi connectivity index (χ2v) is 6.38. The molecule has 0 aliphatic carbocycles. The van der Waals surface area contributed by atoms with Crippen molar-refractivity contribution < 1.29 is 22.7 Å². The molecule has 2 unspecified atom stereocenters. The second kappa shape index (κ2) is 7.95. The van der Waals surface area contributed by atoms with Crippen molar-refractivity contribution in [1.29, 1.82) is 0 Å². The summed E-state index contributed by atoms with van der Waals surface area (Å²) in [6, 6.07) is 3.63. The summed E-state index contributed by atoms with van der Waals surface area (Å²) in [6.07, 6.45) is -2.46. The number of hydrogen-bond donors (Lipinski definition) is 2. The normalized spacial score (nSPS) is 18.3. The Morgan fingerprint density at radius 3 is 2.67 bits per heavy atom. The molecule has 0 spiro atoms. The van der Waals surface area contributed by atoms with E-state index in [0.717, 1.165) is 12.0 Å². The van der Waals surface area contributed by atoms with Crippen LogP contribution in [0.2, 0.25) is 0 Å². The van der Waals surface area contributed by atoms with Gasteiger partial charge in [-0.2, -0.15) is 18.3 Å². The molecule has 1 aromatic carbocycles. The fourth-order valence-electron chi connectivity index (χ4n) is 2.87. The Morgan fingerprint density at radius 1 is 1.37 bits per heavy atom. The van der Waals surface area contributed by atoms with Crippen molar-refractivity contribution in [3.63, 3.8) is 0 Å². The van der Waals surface area contributed by atoms with Crippen LogP contribution < -0.4 is 10.6 Å². The molecule has 27 heavy (non-hydrogen) atoms. The number of rotatable bonds is 5. The van der Waals surface area contributed by atoms with Crippen LogP contribution in [0.25, 0.3) is 11.4 Å². The average Bonchev–Trinajstić information content (AvgIpc) is 3.26. The minimum absolute atomic E-state index is 0.290. The molecule has 2 N–H and O–H groups in total. The Kier molecular flexibility index (Phi) is 5.64. The smallest absolute Gasteiger partial charge is 0.378 e. The molecule has 3 rings (SSSR count). The van der Waals surface area contributed by atoms with Crippen LogP contribution in [0.3, 0.4) is 0 Å². The highest BCUT2D eigenvalue weighted by Crippen LogP contribution is 2.27. The third kappa shape index (κ3) is 5.19. The number of alkyl halides is 3. The first-order chi connectivity index (χ1) is 12.8. The van der Waals surface area contributed by atoms with Gasteiger partial charge < -0.3 is 15.4 Å². The van der Waals surface area contributed by atoms with Crippen LogP contribution in [-0.2, 0) is 11.8 Å². The van der Waals surface area contributed by atoms with Gasteiger partial charge in [-0.15, -0.1) is 0 Å². The molecule has 7 nitrogen and oxygen atoms in total. The molecule has 1 aromatic heterocycles. The van der Waals surface area contributed by atoms with E-state index in [2.05, 4.69) is 15.4 Å². The van der Waals surface area contributed by atoms with Gasteiger partial charge in [0.1, 0.15) is 12.4 Å². The summed E-state index contributed by atoms with van der Waals surface area (Å²) in [5, 5.41) is 8.57. The van der Waals surface area contributed by atoms with E-state index in [1.165, 1.54) is 0 Å². The molecule has 0 saturated carbocycles. The van der Waals surface area contributed by atoms with E-state index in [-0.39, 0.29) is 6.42 Å². The molecule has 0 radical (unpaired) electrons. The Labute approximate surface area is 153 Å². The van der Waals surface area contributed by atoms with Crippen molar-refractivity contribution in [3.8, 4) is 11.4 Å². The molecule has 2 aromatic rings. The summed E-state index contributed by atoms with van der Waals surface area (Å²) < 4.78 is 46.4. The fraction of sp³-hybridized carbons (Fsp3) is 0.471. The number of aromatic nitrogens is 3. The van der Waals surface area contributed by atoms with E-state index < -0.39 is 24.4 Å². The molecule has 1 aliphatic heterocycles. The summed E-state index contributed by atoms with van der Waals surface area (Å²) in [6.45, 7) is 0.457. The van der Waals surface area contributed by atoms with Crippen molar-refractivity contribution in [2.24, 2.45) is 7.05 Å². The lowest BCUT2D eigenvalue weighted by Crippen LogP contribution is -2.48. The van der Waals surface area contributed by atoms with Crippen LogP contribution in [-0.4, -0.2) is 45.7 Å². The maximum atomic E-state index is 13.2. The number of carbonyl (C=O) groups excluding carboxylic acids is 1. The van der Waals surface area contributed by atoms with Gasteiger partial charge in [0.05, 0.1) is 6.10 Å². The lowest BCUT2D eigenvalue weighted by atomic mass is 10.1. The van der Waals surface area contributed by atoms with Gasteiger partial charge in [-0.25, -0.2) is 9.78 Å². The summed E-state index contributed by atoms with van der Waals surface area (Å²) in [4.78, 5) is 16.1. The minimum Gasteiger partial charge on any atom is -0.378 e. The number of halogens is 3. The third-order valence-electron chi connectivity index (χ3n) is 4.22. The molecular weight excluding hydrogens is 363 g/mol. The number of nitrogens with one attached hydrogen (secondary N) is 2. The summed E-state index contributed by atoms with van der Waals surface area (Å²) in [5.41, 5.74) is 1.10. The van der Waals surface area contributed by atoms with Crippen molar-refractivity contribution in [1.82, 2.24) is 20.1 Å². The molecule has 2 atom stereocenters. The topological polar surface area (TPSA) is 81.1 Å². The van der Waals surface area contributed by atoms with E-state index in [1.54, 1.807) is 42.3 Å². The minimum atomic E-state index is -4.54. The molecule has 2 heterocycles. The first kappa shape index (κ1) is 19.2. The van der Waals surface area contributed by atoms with Gasteiger partial charge in [0.2, 0.25) is 0 Å². The third-order valence-corrected chi connectivity index (χ3v) is 4.22. The number of hydrogen-bond acceptors (Lipinski definition) is 4. The monoisotopic (exact) mass is 383 g/mol. The number of anilines is 1. The van der Waals surface area contributed by atoms with Gasteiger partial charge in [-0.05, 0) is 37.1 Å². The van der Waals surface area contributed by atoms with Gasteiger partial charge in [0.15, 0.2) is 5.82 Å². The molecule has 1 aliphatic rings. The van der Waals surface area contributed by atoms with Crippen LogP contribution in [0.5, 0.6) is 0 Å². The van der Waals surface area contributed by atoms with Crippen molar-refractivity contribution >= 4 is 11.7 Å². The van der Waals surface area contributed by atoms with E-state index in [4.69, 9.17) is 4.74 Å². The summed E-state index contributed by atoms with van der Waals surface area (Å²) in [5.74, 6) is 0.516. The Balaban J connectivity index is 1.59. The fourth-order valence-corrected chi connectivity index (χ4v) is 2.87. The van der Waals surface area contributed by atoms with Crippen LogP contribution in [0.1, 0.15) is 19.3 Å². The SMILES string of the molecule is Cn1cnc(-c2ccc(NC(=O)NC(CC3CCCO3)C(F)(F)F)cc2)n1. The van der Waals surface area contributed by atoms with E-state index in [9.17, 15) is 18.0 Å². The molecule has 1 saturated heterocycles. The number of benzene rings is 1. The lowest BCUT2D eigenvalue weighted by Gasteiger charge is -2.24. The quantitative estimate of drug-likeness (QED) is 0.831. The molecule has 2 amide bonds. The maximum absolute atomic E-state index is 13.2. The van der Waals surface area contributed by atoms with Crippen LogP contribution >= 0.6 is 0 Å². The second-order valence-electron chi connectivity index (χ2n) is 6.38. The highest BCUT2D eigenvalue weighted by molar-refractivity contribution is 5.89. The van der Waals surface area contributed by atoms with Gasteiger partial charge in [-0.1, -0.05) is 0 Å². The number of nitrogens with zero attached hydrogens (tertiary/aromatic N) is 3. The van der Waals surface area contributed by atoms with Gasteiger partial charge >= 0.3 is 12.2 Å².